The first-order valence-corrected chi connectivity index (χ1v) is 5.54. The zero-order chi connectivity index (χ0) is 11.4. The first-order chi connectivity index (χ1) is 7.81. The number of anilines is 1. The van der Waals surface area contributed by atoms with Crippen LogP contribution in [0.4, 0.5) is 5.69 Å². The molecule has 0 atom stereocenters. The lowest BCUT2D eigenvalue weighted by atomic mass is 10.2. The Morgan fingerprint density at radius 1 is 1.25 bits per heavy atom. The first-order valence-electron chi connectivity index (χ1n) is 5.54. The van der Waals surface area contributed by atoms with Gasteiger partial charge in [0.2, 0.25) is 0 Å². The number of aromatic nitrogens is 1. The van der Waals surface area contributed by atoms with Crippen LogP contribution in [0.1, 0.15) is 23.9 Å². The fourth-order valence-electron chi connectivity index (χ4n) is 1.67. The predicted molar refractivity (Wildman–Crippen MR) is 64.4 cm³/mol. The predicted octanol–water partition coefficient (Wildman–Crippen LogP) is 3.16. The standard InChI is InChI=1S/C13H16N2O/c1-3-12-13(10(2)15-16-12)14-9-11-7-5-4-6-8-11/h4-8,14H,3,9H2,1-2H3. The third kappa shape index (κ3) is 2.24. The van der Waals surface area contributed by atoms with Gasteiger partial charge in [-0.2, -0.15) is 0 Å². The van der Waals surface area contributed by atoms with Gasteiger partial charge in [-0.05, 0) is 12.5 Å². The third-order valence-electron chi connectivity index (χ3n) is 2.57. The molecule has 1 heterocycles. The molecule has 1 aromatic carbocycles. The normalized spacial score (nSPS) is 10.4. The number of hydrogen-bond donors (Lipinski definition) is 1. The minimum Gasteiger partial charge on any atom is -0.377 e. The lowest BCUT2D eigenvalue weighted by molar-refractivity contribution is 0.383. The monoisotopic (exact) mass is 216 g/mol. The fourth-order valence-corrected chi connectivity index (χ4v) is 1.67. The van der Waals surface area contributed by atoms with E-state index < -0.39 is 0 Å². The van der Waals surface area contributed by atoms with E-state index in [0.29, 0.717) is 0 Å². The molecule has 0 amide bonds. The van der Waals surface area contributed by atoms with Crippen molar-refractivity contribution in [1.29, 1.82) is 0 Å². The van der Waals surface area contributed by atoms with Gasteiger partial charge in [0.05, 0.1) is 0 Å². The number of hydrogen-bond acceptors (Lipinski definition) is 3. The van der Waals surface area contributed by atoms with Crippen molar-refractivity contribution < 1.29 is 4.52 Å². The van der Waals surface area contributed by atoms with E-state index in [-0.39, 0.29) is 0 Å². The van der Waals surface area contributed by atoms with Crippen LogP contribution < -0.4 is 5.32 Å². The molecule has 0 saturated heterocycles. The lowest BCUT2D eigenvalue weighted by Crippen LogP contribution is -2.01. The number of nitrogens with one attached hydrogen (secondary N) is 1. The molecule has 84 valence electrons. The largest absolute Gasteiger partial charge is 0.377 e. The highest BCUT2D eigenvalue weighted by molar-refractivity contribution is 5.50. The van der Waals surface area contributed by atoms with Crippen LogP contribution in [-0.4, -0.2) is 5.16 Å². The van der Waals surface area contributed by atoms with E-state index in [0.717, 1.165) is 30.1 Å². The van der Waals surface area contributed by atoms with Gasteiger partial charge in [0, 0.05) is 13.0 Å². The van der Waals surface area contributed by atoms with Crippen molar-refractivity contribution in [3.05, 3.63) is 47.3 Å². The Labute approximate surface area is 95.5 Å². The van der Waals surface area contributed by atoms with E-state index in [2.05, 4.69) is 29.5 Å². The van der Waals surface area contributed by atoms with Gasteiger partial charge in [0.25, 0.3) is 0 Å². The van der Waals surface area contributed by atoms with Crippen molar-refractivity contribution in [2.45, 2.75) is 26.8 Å². The summed E-state index contributed by atoms with van der Waals surface area (Å²) in [6.07, 6.45) is 0.859. The van der Waals surface area contributed by atoms with Crippen molar-refractivity contribution in [3.63, 3.8) is 0 Å². The van der Waals surface area contributed by atoms with Crippen LogP contribution in [0, 0.1) is 6.92 Å². The Morgan fingerprint density at radius 2 is 2.00 bits per heavy atom. The molecule has 0 unspecified atom stereocenters. The second-order valence-corrected chi connectivity index (χ2v) is 3.76. The Hall–Kier alpha value is -1.77. The average Bonchev–Trinajstić information content (AvgIpc) is 2.69. The summed E-state index contributed by atoms with van der Waals surface area (Å²) in [7, 11) is 0. The Morgan fingerprint density at radius 3 is 2.69 bits per heavy atom. The van der Waals surface area contributed by atoms with Gasteiger partial charge in [-0.1, -0.05) is 42.4 Å². The fraction of sp³-hybridized carbons (Fsp3) is 0.308. The molecular weight excluding hydrogens is 200 g/mol. The van der Waals surface area contributed by atoms with Crippen molar-refractivity contribution in [2.24, 2.45) is 0 Å². The zero-order valence-electron chi connectivity index (χ0n) is 9.66. The maximum absolute atomic E-state index is 5.22. The summed E-state index contributed by atoms with van der Waals surface area (Å²) in [6, 6.07) is 10.3. The maximum Gasteiger partial charge on any atom is 0.159 e. The van der Waals surface area contributed by atoms with E-state index >= 15 is 0 Å². The number of aryl methyl sites for hydroxylation is 2. The SMILES string of the molecule is CCc1onc(C)c1NCc1ccccc1. The third-order valence-corrected chi connectivity index (χ3v) is 2.57. The summed E-state index contributed by atoms with van der Waals surface area (Å²) < 4.78 is 5.22. The molecule has 0 saturated carbocycles. The molecule has 1 N–H and O–H groups in total. The van der Waals surface area contributed by atoms with Crippen LogP contribution in [0.3, 0.4) is 0 Å². The van der Waals surface area contributed by atoms with Gasteiger partial charge < -0.3 is 9.84 Å². The lowest BCUT2D eigenvalue weighted by Gasteiger charge is -2.05. The molecule has 0 spiro atoms. The second-order valence-electron chi connectivity index (χ2n) is 3.76. The van der Waals surface area contributed by atoms with Gasteiger partial charge >= 0.3 is 0 Å². The van der Waals surface area contributed by atoms with Crippen molar-refractivity contribution in [3.8, 4) is 0 Å². The summed E-state index contributed by atoms with van der Waals surface area (Å²) in [6.45, 7) is 4.82. The molecule has 3 heteroatoms. The summed E-state index contributed by atoms with van der Waals surface area (Å²) in [4.78, 5) is 0. The molecule has 0 aliphatic rings. The molecule has 3 nitrogen and oxygen atoms in total. The van der Waals surface area contributed by atoms with Gasteiger partial charge in [0.15, 0.2) is 5.76 Å². The van der Waals surface area contributed by atoms with Gasteiger partial charge in [-0.25, -0.2) is 0 Å². The molecule has 16 heavy (non-hydrogen) atoms. The van der Waals surface area contributed by atoms with Crippen molar-refractivity contribution in [1.82, 2.24) is 5.16 Å². The highest BCUT2D eigenvalue weighted by atomic mass is 16.5. The minimum atomic E-state index is 0.801. The van der Waals surface area contributed by atoms with E-state index in [4.69, 9.17) is 4.52 Å². The Bertz CT molecular complexity index is 448. The maximum atomic E-state index is 5.22. The molecular formula is C13H16N2O. The Kier molecular flexibility index (Phi) is 3.25. The number of benzene rings is 1. The van der Waals surface area contributed by atoms with Gasteiger partial charge in [0.1, 0.15) is 11.4 Å². The zero-order valence-corrected chi connectivity index (χ0v) is 9.66. The smallest absolute Gasteiger partial charge is 0.159 e. The van der Waals surface area contributed by atoms with Gasteiger partial charge in [-0.15, -0.1) is 0 Å². The quantitative estimate of drug-likeness (QED) is 0.853. The molecule has 2 aromatic rings. The topological polar surface area (TPSA) is 38.1 Å². The van der Waals surface area contributed by atoms with Crippen molar-refractivity contribution >= 4 is 5.69 Å². The highest BCUT2D eigenvalue weighted by Gasteiger charge is 2.10. The molecule has 0 radical (unpaired) electrons. The van der Waals surface area contributed by atoms with E-state index in [9.17, 15) is 0 Å². The molecule has 1 aromatic heterocycles. The molecule has 2 rings (SSSR count). The van der Waals surface area contributed by atoms with Crippen LogP contribution in [0.15, 0.2) is 34.9 Å². The van der Waals surface area contributed by atoms with E-state index in [1.54, 1.807) is 0 Å². The summed E-state index contributed by atoms with van der Waals surface area (Å²) in [5.74, 6) is 0.924. The van der Waals surface area contributed by atoms with Crippen LogP contribution in [-0.2, 0) is 13.0 Å². The van der Waals surface area contributed by atoms with Crippen LogP contribution in [0.5, 0.6) is 0 Å². The van der Waals surface area contributed by atoms with Gasteiger partial charge in [-0.3, -0.25) is 0 Å². The molecule has 0 aliphatic carbocycles. The van der Waals surface area contributed by atoms with Crippen LogP contribution in [0.25, 0.3) is 0 Å². The molecule has 0 bridgehead atoms. The minimum absolute atomic E-state index is 0.801. The van der Waals surface area contributed by atoms with Crippen LogP contribution >= 0.6 is 0 Å². The van der Waals surface area contributed by atoms with Crippen LogP contribution in [0.2, 0.25) is 0 Å². The average molecular weight is 216 g/mol. The van der Waals surface area contributed by atoms with Crippen molar-refractivity contribution in [2.75, 3.05) is 5.32 Å². The summed E-state index contributed by atoms with van der Waals surface area (Å²) in [5.41, 5.74) is 3.21. The summed E-state index contributed by atoms with van der Waals surface area (Å²) in [5, 5.41) is 7.33. The molecule has 0 aliphatic heterocycles. The number of rotatable bonds is 4. The van der Waals surface area contributed by atoms with E-state index in [1.807, 2.05) is 25.1 Å². The Balaban J connectivity index is 2.07. The highest BCUT2D eigenvalue weighted by Crippen LogP contribution is 2.21. The first kappa shape index (κ1) is 10.7. The van der Waals surface area contributed by atoms with E-state index in [1.165, 1.54) is 5.56 Å². The second kappa shape index (κ2) is 4.84. The summed E-state index contributed by atoms with van der Waals surface area (Å²) >= 11 is 0. The molecule has 0 fully saturated rings. The number of nitrogens with zero attached hydrogens (tertiary/aromatic N) is 1.